The Bertz CT molecular complexity index is 687. The highest BCUT2D eigenvalue weighted by Crippen LogP contribution is 2.31. The van der Waals surface area contributed by atoms with Crippen LogP contribution in [0.1, 0.15) is 0 Å². The van der Waals surface area contributed by atoms with E-state index < -0.39 is 0 Å². The van der Waals surface area contributed by atoms with E-state index in [0.717, 1.165) is 10.8 Å². The van der Waals surface area contributed by atoms with E-state index in [4.69, 9.17) is 23.2 Å². The molecular formula is C14H8Cl2. The van der Waals surface area contributed by atoms with Gasteiger partial charge in [-0.25, -0.2) is 0 Å². The van der Waals surface area contributed by atoms with Gasteiger partial charge in [0.05, 0.1) is 0 Å². The van der Waals surface area contributed by atoms with Gasteiger partial charge in [-0.05, 0) is 40.4 Å². The fourth-order valence-electron chi connectivity index (χ4n) is 1.97. The second-order valence-corrected chi connectivity index (χ2v) is 4.65. The van der Waals surface area contributed by atoms with E-state index in [-0.39, 0.29) is 0 Å². The van der Waals surface area contributed by atoms with Crippen LogP contribution in [0.3, 0.4) is 0 Å². The summed E-state index contributed by atoms with van der Waals surface area (Å²) in [6.45, 7) is 0. The molecule has 2 heteroatoms. The molecule has 16 heavy (non-hydrogen) atoms. The van der Waals surface area contributed by atoms with Crippen LogP contribution in [0.15, 0.2) is 48.5 Å². The predicted octanol–water partition coefficient (Wildman–Crippen LogP) is 5.30. The molecule has 0 amide bonds. The SMILES string of the molecule is Clc1cc(Cl)c2cc3ccccc3cc2c1. The normalized spacial score (nSPS) is 11.1. The lowest BCUT2D eigenvalue weighted by atomic mass is 10.0. The van der Waals surface area contributed by atoms with Crippen molar-refractivity contribution in [3.63, 3.8) is 0 Å². The summed E-state index contributed by atoms with van der Waals surface area (Å²) in [6.07, 6.45) is 0. The van der Waals surface area contributed by atoms with Gasteiger partial charge in [0.25, 0.3) is 0 Å². The van der Waals surface area contributed by atoms with Gasteiger partial charge in [0.15, 0.2) is 0 Å². The first-order valence-corrected chi connectivity index (χ1v) is 5.77. The first-order valence-electron chi connectivity index (χ1n) is 5.01. The van der Waals surface area contributed by atoms with Crippen molar-refractivity contribution in [1.82, 2.24) is 0 Å². The lowest BCUT2D eigenvalue weighted by Gasteiger charge is -2.04. The second-order valence-electron chi connectivity index (χ2n) is 3.81. The minimum atomic E-state index is 0.674. The number of halogens is 2. The molecule has 0 fully saturated rings. The van der Waals surface area contributed by atoms with Gasteiger partial charge >= 0.3 is 0 Å². The Morgan fingerprint density at radius 3 is 2.12 bits per heavy atom. The molecule has 0 aromatic heterocycles. The first-order chi connectivity index (χ1) is 7.74. The van der Waals surface area contributed by atoms with E-state index in [1.165, 1.54) is 10.8 Å². The standard InChI is InChI=1S/C14H8Cl2/c15-12-6-11-5-9-3-1-2-4-10(9)7-13(11)14(16)8-12/h1-8H. The van der Waals surface area contributed by atoms with Crippen LogP contribution >= 0.6 is 23.2 Å². The highest BCUT2D eigenvalue weighted by molar-refractivity contribution is 6.39. The summed E-state index contributed by atoms with van der Waals surface area (Å²) < 4.78 is 0. The zero-order valence-electron chi connectivity index (χ0n) is 8.37. The molecular weight excluding hydrogens is 239 g/mol. The van der Waals surface area contributed by atoms with Crippen molar-refractivity contribution < 1.29 is 0 Å². The van der Waals surface area contributed by atoms with E-state index in [1.54, 1.807) is 6.07 Å². The van der Waals surface area contributed by atoms with Gasteiger partial charge in [-0.3, -0.25) is 0 Å². The largest absolute Gasteiger partial charge is 0.0843 e. The van der Waals surface area contributed by atoms with Crippen molar-refractivity contribution in [1.29, 1.82) is 0 Å². The summed E-state index contributed by atoms with van der Waals surface area (Å²) in [5.74, 6) is 0. The molecule has 0 unspecified atom stereocenters. The molecule has 0 heterocycles. The Kier molecular flexibility index (Phi) is 2.27. The van der Waals surface area contributed by atoms with Crippen LogP contribution in [0, 0.1) is 0 Å². The van der Waals surface area contributed by atoms with Crippen LogP contribution in [0.4, 0.5) is 0 Å². The fourth-order valence-corrected chi connectivity index (χ4v) is 2.54. The summed E-state index contributed by atoms with van der Waals surface area (Å²) in [5, 5.41) is 5.90. The van der Waals surface area contributed by atoms with Crippen molar-refractivity contribution in [3.05, 3.63) is 58.6 Å². The van der Waals surface area contributed by atoms with E-state index in [1.807, 2.05) is 18.2 Å². The maximum absolute atomic E-state index is 6.18. The molecule has 3 aromatic rings. The smallest absolute Gasteiger partial charge is 0.0499 e. The van der Waals surface area contributed by atoms with E-state index in [0.29, 0.717) is 10.0 Å². The Morgan fingerprint density at radius 2 is 1.38 bits per heavy atom. The van der Waals surface area contributed by atoms with Crippen LogP contribution < -0.4 is 0 Å². The van der Waals surface area contributed by atoms with Crippen molar-refractivity contribution in [2.24, 2.45) is 0 Å². The van der Waals surface area contributed by atoms with Gasteiger partial charge in [-0.15, -0.1) is 0 Å². The van der Waals surface area contributed by atoms with E-state index in [2.05, 4.69) is 24.3 Å². The molecule has 0 saturated carbocycles. The Labute approximate surface area is 103 Å². The topological polar surface area (TPSA) is 0 Å². The lowest BCUT2D eigenvalue weighted by Crippen LogP contribution is -1.78. The average Bonchev–Trinajstić information content (AvgIpc) is 2.27. The Morgan fingerprint density at radius 1 is 0.688 bits per heavy atom. The summed E-state index contributed by atoms with van der Waals surface area (Å²) in [4.78, 5) is 0. The molecule has 78 valence electrons. The fraction of sp³-hybridized carbons (Fsp3) is 0. The molecule has 0 nitrogen and oxygen atoms in total. The van der Waals surface area contributed by atoms with Crippen LogP contribution in [0.5, 0.6) is 0 Å². The molecule has 3 rings (SSSR count). The summed E-state index contributed by atoms with van der Waals surface area (Å²) in [7, 11) is 0. The molecule has 0 aliphatic rings. The van der Waals surface area contributed by atoms with Crippen molar-refractivity contribution in [2.75, 3.05) is 0 Å². The first kappa shape index (κ1) is 9.95. The van der Waals surface area contributed by atoms with Gasteiger partial charge in [-0.2, -0.15) is 0 Å². The van der Waals surface area contributed by atoms with Crippen LogP contribution in [0.2, 0.25) is 10.0 Å². The molecule has 0 aliphatic carbocycles. The summed E-state index contributed by atoms with van der Waals surface area (Å²) in [6, 6.07) is 16.2. The van der Waals surface area contributed by atoms with E-state index >= 15 is 0 Å². The molecule has 0 saturated heterocycles. The van der Waals surface area contributed by atoms with Crippen molar-refractivity contribution in [3.8, 4) is 0 Å². The van der Waals surface area contributed by atoms with Gasteiger partial charge in [0.2, 0.25) is 0 Å². The Hall–Kier alpha value is -1.24. The van der Waals surface area contributed by atoms with Crippen LogP contribution in [-0.4, -0.2) is 0 Å². The number of hydrogen-bond donors (Lipinski definition) is 0. The van der Waals surface area contributed by atoms with Gasteiger partial charge in [-0.1, -0.05) is 47.5 Å². The lowest BCUT2D eigenvalue weighted by molar-refractivity contribution is 1.76. The molecule has 0 spiro atoms. The average molecular weight is 247 g/mol. The van der Waals surface area contributed by atoms with E-state index in [9.17, 15) is 0 Å². The molecule has 3 aromatic carbocycles. The molecule has 0 radical (unpaired) electrons. The highest BCUT2D eigenvalue weighted by atomic mass is 35.5. The van der Waals surface area contributed by atoms with Gasteiger partial charge in [0.1, 0.15) is 0 Å². The quantitative estimate of drug-likeness (QED) is 0.473. The minimum absolute atomic E-state index is 0.674. The van der Waals surface area contributed by atoms with Crippen molar-refractivity contribution >= 4 is 44.7 Å². The molecule has 0 bridgehead atoms. The monoisotopic (exact) mass is 246 g/mol. The second kappa shape index (κ2) is 3.65. The zero-order chi connectivity index (χ0) is 11.1. The number of rotatable bonds is 0. The Balaban J connectivity index is 2.51. The molecule has 0 N–H and O–H groups in total. The number of hydrogen-bond acceptors (Lipinski definition) is 0. The number of benzene rings is 3. The third-order valence-electron chi connectivity index (χ3n) is 2.73. The maximum atomic E-state index is 6.18. The number of fused-ring (bicyclic) bond motifs is 2. The third kappa shape index (κ3) is 1.55. The third-order valence-corrected chi connectivity index (χ3v) is 3.26. The highest BCUT2D eigenvalue weighted by Gasteiger charge is 2.03. The minimum Gasteiger partial charge on any atom is -0.0843 e. The van der Waals surface area contributed by atoms with Gasteiger partial charge < -0.3 is 0 Å². The maximum Gasteiger partial charge on any atom is 0.0499 e. The zero-order valence-corrected chi connectivity index (χ0v) is 9.89. The van der Waals surface area contributed by atoms with Crippen LogP contribution in [0.25, 0.3) is 21.5 Å². The predicted molar refractivity (Wildman–Crippen MR) is 71.5 cm³/mol. The summed E-state index contributed by atoms with van der Waals surface area (Å²) >= 11 is 12.2. The van der Waals surface area contributed by atoms with Crippen LogP contribution in [-0.2, 0) is 0 Å². The van der Waals surface area contributed by atoms with Crippen molar-refractivity contribution in [2.45, 2.75) is 0 Å². The molecule has 0 aliphatic heterocycles. The van der Waals surface area contributed by atoms with Gasteiger partial charge in [0, 0.05) is 15.4 Å². The summed E-state index contributed by atoms with van der Waals surface area (Å²) in [5.41, 5.74) is 0. The molecule has 0 atom stereocenters.